The number of rotatable bonds is 5. The second kappa shape index (κ2) is 7.39. The van der Waals surface area contributed by atoms with Crippen LogP contribution in [0.2, 0.25) is 0 Å². The molecule has 3 aromatic rings. The van der Waals surface area contributed by atoms with Gasteiger partial charge in [0.1, 0.15) is 0 Å². The molecule has 8 heteroatoms. The molecule has 2 aromatic carbocycles. The van der Waals surface area contributed by atoms with Gasteiger partial charge in [0.05, 0.1) is 5.56 Å². The van der Waals surface area contributed by atoms with Crippen molar-refractivity contribution in [3.05, 3.63) is 77.1 Å². The minimum atomic E-state index is -0.678. The van der Waals surface area contributed by atoms with Gasteiger partial charge in [0, 0.05) is 11.1 Å². The maximum atomic E-state index is 12.7. The molecule has 1 aromatic heterocycles. The Balaban J connectivity index is 1.81. The van der Waals surface area contributed by atoms with E-state index < -0.39 is 5.97 Å². The average molecular weight is 349 g/mol. The molecule has 0 aliphatic carbocycles. The summed E-state index contributed by atoms with van der Waals surface area (Å²) in [5.41, 5.74) is 11.8. The van der Waals surface area contributed by atoms with Crippen LogP contribution in [0.4, 0.5) is 11.9 Å². The zero-order valence-electron chi connectivity index (χ0n) is 13.6. The summed E-state index contributed by atoms with van der Waals surface area (Å²) >= 11 is 0. The topological polar surface area (TPSA) is 134 Å². The van der Waals surface area contributed by atoms with Crippen LogP contribution in [-0.4, -0.2) is 26.7 Å². The SMILES string of the molecule is Nc1nc(N)nc(COC(=O)c2ccccc2C(=O)c2ccccc2)n1. The maximum Gasteiger partial charge on any atom is 0.339 e. The van der Waals surface area contributed by atoms with Crippen LogP contribution < -0.4 is 11.5 Å². The summed E-state index contributed by atoms with van der Waals surface area (Å²) in [6.45, 7) is -0.246. The predicted octanol–water partition coefficient (Wildman–Crippen LogP) is 1.62. The van der Waals surface area contributed by atoms with Crippen molar-refractivity contribution < 1.29 is 14.3 Å². The fourth-order valence-electron chi connectivity index (χ4n) is 2.33. The summed E-state index contributed by atoms with van der Waals surface area (Å²) in [7, 11) is 0. The predicted molar refractivity (Wildman–Crippen MR) is 94.1 cm³/mol. The summed E-state index contributed by atoms with van der Waals surface area (Å²) in [4.78, 5) is 36.4. The van der Waals surface area contributed by atoms with Crippen LogP contribution in [0.15, 0.2) is 54.6 Å². The van der Waals surface area contributed by atoms with Crippen molar-refractivity contribution in [2.75, 3.05) is 11.5 Å². The molecule has 3 rings (SSSR count). The van der Waals surface area contributed by atoms with Crippen molar-refractivity contribution in [1.82, 2.24) is 15.0 Å². The van der Waals surface area contributed by atoms with E-state index >= 15 is 0 Å². The number of benzene rings is 2. The van der Waals surface area contributed by atoms with Gasteiger partial charge in [-0.1, -0.05) is 48.5 Å². The number of hydrogen-bond acceptors (Lipinski definition) is 8. The van der Waals surface area contributed by atoms with Gasteiger partial charge >= 0.3 is 5.97 Å². The Kier molecular flexibility index (Phi) is 4.84. The van der Waals surface area contributed by atoms with E-state index in [1.165, 1.54) is 6.07 Å². The van der Waals surface area contributed by atoms with E-state index in [2.05, 4.69) is 15.0 Å². The molecule has 0 bridgehead atoms. The number of nitrogen functional groups attached to an aromatic ring is 2. The smallest absolute Gasteiger partial charge is 0.339 e. The van der Waals surface area contributed by atoms with E-state index in [-0.39, 0.29) is 41.2 Å². The fourth-order valence-corrected chi connectivity index (χ4v) is 2.33. The van der Waals surface area contributed by atoms with Crippen molar-refractivity contribution >= 4 is 23.6 Å². The van der Waals surface area contributed by atoms with Crippen molar-refractivity contribution in [1.29, 1.82) is 0 Å². The highest BCUT2D eigenvalue weighted by molar-refractivity contribution is 6.14. The largest absolute Gasteiger partial charge is 0.454 e. The Bertz CT molecular complexity index is 940. The van der Waals surface area contributed by atoms with Gasteiger partial charge in [-0.15, -0.1) is 0 Å². The lowest BCUT2D eigenvalue weighted by molar-refractivity contribution is 0.0459. The van der Waals surface area contributed by atoms with Crippen LogP contribution in [0.5, 0.6) is 0 Å². The molecule has 0 saturated heterocycles. The van der Waals surface area contributed by atoms with Gasteiger partial charge < -0.3 is 16.2 Å². The van der Waals surface area contributed by atoms with Crippen molar-refractivity contribution in [2.45, 2.75) is 6.61 Å². The lowest BCUT2D eigenvalue weighted by Gasteiger charge is -2.09. The third kappa shape index (κ3) is 3.81. The van der Waals surface area contributed by atoms with E-state index in [0.29, 0.717) is 5.56 Å². The molecule has 0 unspecified atom stereocenters. The number of carbonyl (C=O) groups excluding carboxylic acids is 2. The Morgan fingerprint density at radius 2 is 1.38 bits per heavy atom. The van der Waals surface area contributed by atoms with Gasteiger partial charge in [-0.2, -0.15) is 15.0 Å². The van der Waals surface area contributed by atoms with Crippen LogP contribution in [0.25, 0.3) is 0 Å². The summed E-state index contributed by atoms with van der Waals surface area (Å²) in [6, 6.07) is 15.1. The zero-order valence-corrected chi connectivity index (χ0v) is 13.6. The number of ether oxygens (including phenoxy) is 1. The molecule has 0 amide bonds. The molecular formula is C18H15N5O3. The van der Waals surface area contributed by atoms with Crippen LogP contribution in [0.1, 0.15) is 32.1 Å². The maximum absolute atomic E-state index is 12.7. The molecular weight excluding hydrogens is 334 g/mol. The first kappa shape index (κ1) is 17.0. The van der Waals surface area contributed by atoms with Crippen LogP contribution in [0.3, 0.4) is 0 Å². The third-order valence-corrected chi connectivity index (χ3v) is 3.48. The molecule has 0 atom stereocenters. The summed E-state index contributed by atoms with van der Waals surface area (Å²) in [5, 5.41) is 0. The average Bonchev–Trinajstić information content (AvgIpc) is 2.65. The quantitative estimate of drug-likeness (QED) is 0.524. The number of nitrogens with two attached hydrogens (primary N) is 2. The van der Waals surface area contributed by atoms with Gasteiger partial charge in [-0.25, -0.2) is 4.79 Å². The molecule has 4 N–H and O–H groups in total. The number of nitrogens with zero attached hydrogens (tertiary/aromatic N) is 3. The second-order valence-electron chi connectivity index (χ2n) is 5.28. The van der Waals surface area contributed by atoms with Crippen molar-refractivity contribution in [3.63, 3.8) is 0 Å². The van der Waals surface area contributed by atoms with Crippen LogP contribution >= 0.6 is 0 Å². The monoisotopic (exact) mass is 349 g/mol. The molecule has 0 aliphatic heterocycles. The summed E-state index contributed by atoms with van der Waals surface area (Å²) in [6.07, 6.45) is 0. The number of ketones is 1. The second-order valence-corrected chi connectivity index (χ2v) is 5.28. The summed E-state index contributed by atoms with van der Waals surface area (Å²) in [5.74, 6) is -0.962. The lowest BCUT2D eigenvalue weighted by Crippen LogP contribution is -2.14. The molecule has 0 fully saturated rings. The number of hydrogen-bond donors (Lipinski definition) is 2. The Hall–Kier alpha value is -3.81. The molecule has 130 valence electrons. The van der Waals surface area contributed by atoms with Gasteiger partial charge in [0.25, 0.3) is 0 Å². The molecule has 0 aliphatic rings. The Labute approximate surface area is 148 Å². The molecule has 0 saturated carbocycles. The van der Waals surface area contributed by atoms with E-state index in [0.717, 1.165) is 0 Å². The van der Waals surface area contributed by atoms with Crippen LogP contribution in [-0.2, 0) is 11.3 Å². The molecule has 8 nitrogen and oxygen atoms in total. The molecule has 1 heterocycles. The zero-order chi connectivity index (χ0) is 18.5. The van der Waals surface area contributed by atoms with Gasteiger partial charge in [0.15, 0.2) is 18.2 Å². The number of anilines is 2. The highest BCUT2D eigenvalue weighted by Crippen LogP contribution is 2.16. The van der Waals surface area contributed by atoms with E-state index in [1.807, 2.05) is 6.07 Å². The minimum absolute atomic E-state index is 0.0665. The van der Waals surface area contributed by atoms with E-state index in [1.54, 1.807) is 42.5 Å². The first-order valence-electron chi connectivity index (χ1n) is 7.66. The molecule has 0 spiro atoms. The number of carbonyl (C=O) groups is 2. The third-order valence-electron chi connectivity index (χ3n) is 3.48. The number of esters is 1. The van der Waals surface area contributed by atoms with Crippen molar-refractivity contribution in [2.24, 2.45) is 0 Å². The number of aromatic nitrogens is 3. The first-order valence-corrected chi connectivity index (χ1v) is 7.66. The van der Waals surface area contributed by atoms with Gasteiger partial charge in [-0.05, 0) is 6.07 Å². The fraction of sp³-hybridized carbons (Fsp3) is 0.0556. The lowest BCUT2D eigenvalue weighted by atomic mass is 9.98. The normalized spacial score (nSPS) is 10.3. The first-order chi connectivity index (χ1) is 12.5. The van der Waals surface area contributed by atoms with E-state index in [4.69, 9.17) is 16.2 Å². The highest BCUT2D eigenvalue weighted by atomic mass is 16.5. The summed E-state index contributed by atoms with van der Waals surface area (Å²) < 4.78 is 5.20. The van der Waals surface area contributed by atoms with E-state index in [9.17, 15) is 9.59 Å². The Morgan fingerprint density at radius 1 is 0.808 bits per heavy atom. The molecule has 26 heavy (non-hydrogen) atoms. The Morgan fingerprint density at radius 3 is 2.04 bits per heavy atom. The molecule has 0 radical (unpaired) electrons. The van der Waals surface area contributed by atoms with Gasteiger partial charge in [0.2, 0.25) is 11.9 Å². The minimum Gasteiger partial charge on any atom is -0.454 e. The van der Waals surface area contributed by atoms with Crippen LogP contribution in [0, 0.1) is 0 Å². The highest BCUT2D eigenvalue weighted by Gasteiger charge is 2.19. The standard InChI is InChI=1S/C18H15N5O3/c19-17-21-14(22-18(20)23-17)10-26-16(25)13-9-5-4-8-12(13)15(24)11-6-2-1-3-7-11/h1-9H,10H2,(H4,19,20,21,22,23). The van der Waals surface area contributed by atoms with Crippen molar-refractivity contribution in [3.8, 4) is 0 Å². The van der Waals surface area contributed by atoms with Gasteiger partial charge in [-0.3, -0.25) is 4.79 Å².